The first-order chi connectivity index (χ1) is 11.9. The molecular formula is C19H21FN2O3. The van der Waals surface area contributed by atoms with Gasteiger partial charge in [0.15, 0.2) is 0 Å². The number of nitrogens with one attached hydrogen (secondary N) is 2. The Labute approximate surface area is 146 Å². The summed E-state index contributed by atoms with van der Waals surface area (Å²) in [6.07, 6.45) is 0.202. The van der Waals surface area contributed by atoms with E-state index in [-0.39, 0.29) is 12.2 Å². The predicted octanol–water partition coefficient (Wildman–Crippen LogP) is 3.35. The van der Waals surface area contributed by atoms with Gasteiger partial charge in [-0.05, 0) is 43.2 Å². The highest BCUT2D eigenvalue weighted by atomic mass is 19.1. The van der Waals surface area contributed by atoms with E-state index >= 15 is 0 Å². The van der Waals surface area contributed by atoms with Crippen molar-refractivity contribution in [1.29, 1.82) is 0 Å². The second kappa shape index (κ2) is 8.28. The summed E-state index contributed by atoms with van der Waals surface area (Å²) in [5.41, 5.74) is 3.38. The Balaban J connectivity index is 2.06. The van der Waals surface area contributed by atoms with Crippen molar-refractivity contribution < 1.29 is 18.7 Å². The molecule has 0 aromatic heterocycles. The number of aryl methyl sites for hydroxylation is 2. The quantitative estimate of drug-likeness (QED) is 0.818. The monoisotopic (exact) mass is 344 g/mol. The molecule has 0 aliphatic heterocycles. The number of halogens is 1. The van der Waals surface area contributed by atoms with Gasteiger partial charge in [0.2, 0.25) is 0 Å². The maximum absolute atomic E-state index is 13.0. The van der Waals surface area contributed by atoms with Crippen molar-refractivity contribution in [3.05, 3.63) is 65.0 Å². The Bertz CT molecular complexity index is 760. The first kappa shape index (κ1) is 18.4. The van der Waals surface area contributed by atoms with Crippen molar-refractivity contribution in [1.82, 2.24) is 5.32 Å². The summed E-state index contributed by atoms with van der Waals surface area (Å²) in [6.45, 7) is 3.85. The van der Waals surface area contributed by atoms with Crippen molar-refractivity contribution >= 4 is 17.7 Å². The molecule has 1 atom stereocenters. The average molecular weight is 344 g/mol. The van der Waals surface area contributed by atoms with Gasteiger partial charge in [-0.25, -0.2) is 14.0 Å². The summed E-state index contributed by atoms with van der Waals surface area (Å²) < 4.78 is 17.7. The Kier molecular flexibility index (Phi) is 6.11. The lowest BCUT2D eigenvalue weighted by Crippen LogP contribution is -2.45. The van der Waals surface area contributed by atoms with Crippen LogP contribution >= 0.6 is 0 Å². The zero-order valence-corrected chi connectivity index (χ0v) is 14.4. The fourth-order valence-electron chi connectivity index (χ4n) is 2.46. The maximum Gasteiger partial charge on any atom is 0.328 e. The van der Waals surface area contributed by atoms with Gasteiger partial charge in [0.05, 0.1) is 7.11 Å². The van der Waals surface area contributed by atoms with Crippen LogP contribution in [-0.2, 0) is 16.0 Å². The van der Waals surface area contributed by atoms with Gasteiger partial charge in [0, 0.05) is 12.1 Å². The lowest BCUT2D eigenvalue weighted by atomic mass is 10.1. The first-order valence-corrected chi connectivity index (χ1v) is 7.86. The van der Waals surface area contributed by atoms with Gasteiger partial charge in [-0.3, -0.25) is 0 Å². The molecule has 2 N–H and O–H groups in total. The molecule has 0 heterocycles. The number of rotatable bonds is 5. The second-order valence-electron chi connectivity index (χ2n) is 5.82. The summed E-state index contributed by atoms with van der Waals surface area (Å²) in [6, 6.07) is 10.00. The van der Waals surface area contributed by atoms with Gasteiger partial charge in [0.1, 0.15) is 11.9 Å². The highest BCUT2D eigenvalue weighted by molar-refractivity contribution is 5.93. The number of carbonyl (C=O) groups excluding carboxylic acids is 2. The van der Waals surface area contributed by atoms with E-state index in [4.69, 9.17) is 4.74 Å². The van der Waals surface area contributed by atoms with Crippen LogP contribution in [0.25, 0.3) is 0 Å². The van der Waals surface area contributed by atoms with Crippen LogP contribution in [0.4, 0.5) is 14.9 Å². The smallest absolute Gasteiger partial charge is 0.328 e. The lowest BCUT2D eigenvalue weighted by Gasteiger charge is -2.18. The van der Waals surface area contributed by atoms with Crippen molar-refractivity contribution in [2.75, 3.05) is 12.4 Å². The van der Waals surface area contributed by atoms with Crippen molar-refractivity contribution in [3.63, 3.8) is 0 Å². The van der Waals surface area contributed by atoms with E-state index in [0.717, 1.165) is 11.1 Å². The van der Waals surface area contributed by atoms with Gasteiger partial charge < -0.3 is 15.4 Å². The highest BCUT2D eigenvalue weighted by Gasteiger charge is 2.22. The van der Waals surface area contributed by atoms with Crippen LogP contribution in [0.2, 0.25) is 0 Å². The molecule has 1 unspecified atom stereocenters. The Hall–Kier alpha value is -2.89. The summed E-state index contributed by atoms with van der Waals surface area (Å²) in [7, 11) is 1.25. The van der Waals surface area contributed by atoms with Crippen molar-refractivity contribution in [2.24, 2.45) is 0 Å². The number of ether oxygens (including phenoxy) is 1. The number of anilines is 1. The van der Waals surface area contributed by atoms with E-state index < -0.39 is 18.0 Å². The minimum absolute atomic E-state index is 0.202. The second-order valence-corrected chi connectivity index (χ2v) is 5.82. The standard InChI is InChI=1S/C19H21FN2O3/c1-12-4-9-16(13(2)10-12)21-19(24)22-17(18(23)25-3)11-14-5-7-15(20)8-6-14/h4-10,17H,11H2,1-3H3,(H2,21,22,24). The third kappa shape index (κ3) is 5.31. The maximum atomic E-state index is 13.0. The van der Waals surface area contributed by atoms with Gasteiger partial charge in [-0.1, -0.05) is 29.8 Å². The molecule has 0 radical (unpaired) electrons. The van der Waals surface area contributed by atoms with E-state index in [1.165, 1.54) is 19.2 Å². The minimum Gasteiger partial charge on any atom is -0.467 e. The number of urea groups is 1. The lowest BCUT2D eigenvalue weighted by molar-refractivity contribution is -0.142. The first-order valence-electron chi connectivity index (χ1n) is 7.86. The largest absolute Gasteiger partial charge is 0.467 e. The Morgan fingerprint density at radius 1 is 1.12 bits per heavy atom. The Morgan fingerprint density at radius 3 is 2.40 bits per heavy atom. The highest BCUT2D eigenvalue weighted by Crippen LogP contribution is 2.16. The summed E-state index contributed by atoms with van der Waals surface area (Å²) >= 11 is 0. The molecule has 2 amide bonds. The van der Waals surface area contributed by atoms with E-state index in [2.05, 4.69) is 10.6 Å². The van der Waals surface area contributed by atoms with Gasteiger partial charge in [-0.15, -0.1) is 0 Å². The number of carbonyl (C=O) groups is 2. The number of esters is 1. The zero-order valence-electron chi connectivity index (χ0n) is 14.4. The van der Waals surface area contributed by atoms with E-state index in [9.17, 15) is 14.0 Å². The van der Waals surface area contributed by atoms with Crippen LogP contribution in [0.3, 0.4) is 0 Å². The number of hydrogen-bond acceptors (Lipinski definition) is 3. The molecule has 25 heavy (non-hydrogen) atoms. The molecule has 6 heteroatoms. The molecule has 132 valence electrons. The van der Waals surface area contributed by atoms with Crippen molar-refractivity contribution in [3.8, 4) is 0 Å². The van der Waals surface area contributed by atoms with Crippen LogP contribution in [-0.4, -0.2) is 25.2 Å². The SMILES string of the molecule is COC(=O)C(Cc1ccc(F)cc1)NC(=O)Nc1ccc(C)cc1C. The predicted molar refractivity (Wildman–Crippen MR) is 94.0 cm³/mol. The van der Waals surface area contributed by atoms with Crippen LogP contribution in [0.15, 0.2) is 42.5 Å². The summed E-state index contributed by atoms with van der Waals surface area (Å²) in [5.74, 6) is -0.931. The normalized spacial score (nSPS) is 11.5. The van der Waals surface area contributed by atoms with E-state index in [1.54, 1.807) is 18.2 Å². The molecule has 0 fully saturated rings. The minimum atomic E-state index is -0.874. The van der Waals surface area contributed by atoms with E-state index in [1.807, 2.05) is 26.0 Å². The molecule has 2 aromatic rings. The molecule has 0 saturated heterocycles. The topological polar surface area (TPSA) is 67.4 Å². The summed E-state index contributed by atoms with van der Waals surface area (Å²) in [5, 5.41) is 5.33. The van der Waals surface area contributed by atoms with Gasteiger partial charge in [-0.2, -0.15) is 0 Å². The average Bonchev–Trinajstić information content (AvgIpc) is 2.58. The van der Waals surface area contributed by atoms with Crippen LogP contribution in [0.1, 0.15) is 16.7 Å². The molecule has 5 nitrogen and oxygen atoms in total. The van der Waals surface area contributed by atoms with Crippen LogP contribution < -0.4 is 10.6 Å². The van der Waals surface area contributed by atoms with Gasteiger partial charge >= 0.3 is 12.0 Å². The fraction of sp³-hybridized carbons (Fsp3) is 0.263. The van der Waals surface area contributed by atoms with Crippen molar-refractivity contribution in [2.45, 2.75) is 26.3 Å². The molecule has 0 spiro atoms. The third-order valence-electron chi connectivity index (χ3n) is 3.77. The molecule has 0 bridgehead atoms. The number of hydrogen-bond donors (Lipinski definition) is 2. The fourth-order valence-corrected chi connectivity index (χ4v) is 2.46. The molecule has 0 aliphatic carbocycles. The number of benzene rings is 2. The Morgan fingerprint density at radius 2 is 1.80 bits per heavy atom. The van der Waals surface area contributed by atoms with Crippen LogP contribution in [0, 0.1) is 19.7 Å². The number of methoxy groups -OCH3 is 1. The molecule has 2 rings (SSSR count). The molecule has 2 aromatic carbocycles. The zero-order chi connectivity index (χ0) is 18.4. The van der Waals surface area contributed by atoms with E-state index in [0.29, 0.717) is 11.3 Å². The molecule has 0 saturated carbocycles. The molecule has 0 aliphatic rings. The van der Waals surface area contributed by atoms with Gasteiger partial charge in [0.25, 0.3) is 0 Å². The molecular weight excluding hydrogens is 323 g/mol. The van der Waals surface area contributed by atoms with Crippen LogP contribution in [0.5, 0.6) is 0 Å². The number of amides is 2. The third-order valence-corrected chi connectivity index (χ3v) is 3.77. The summed E-state index contributed by atoms with van der Waals surface area (Å²) in [4.78, 5) is 24.2.